The average molecular weight is 494 g/mol. The first-order valence-corrected chi connectivity index (χ1v) is 11.8. The molecule has 0 aliphatic rings. The van der Waals surface area contributed by atoms with Crippen LogP contribution in [0.1, 0.15) is 26.3 Å². The van der Waals surface area contributed by atoms with Crippen LogP contribution in [0.4, 0.5) is 4.79 Å². The maximum absolute atomic E-state index is 12.5. The van der Waals surface area contributed by atoms with Gasteiger partial charge in [-0.2, -0.15) is 0 Å². The number of carbonyl (C=O) groups excluding carboxylic acids is 2. The molecule has 0 bridgehead atoms. The second-order valence-corrected chi connectivity index (χ2v) is 10.2. The summed E-state index contributed by atoms with van der Waals surface area (Å²) in [6, 6.07) is 10.9. The molecule has 0 fully saturated rings. The van der Waals surface area contributed by atoms with Gasteiger partial charge in [-0.25, -0.2) is 18.0 Å². The number of sulfone groups is 1. The summed E-state index contributed by atoms with van der Waals surface area (Å²) in [5, 5.41) is 11.8. The van der Waals surface area contributed by atoms with Crippen LogP contribution in [-0.2, 0) is 35.3 Å². The lowest BCUT2D eigenvalue weighted by Crippen LogP contribution is -2.44. The monoisotopic (exact) mass is 493 g/mol. The number of nitrogens with one attached hydrogen (secondary N) is 1. The summed E-state index contributed by atoms with van der Waals surface area (Å²) in [6.45, 7) is 5.00. The summed E-state index contributed by atoms with van der Waals surface area (Å²) in [7, 11) is -2.90. The third-order valence-corrected chi connectivity index (χ3v) is 5.92. The molecule has 34 heavy (non-hydrogen) atoms. The number of carboxylic acids is 1. The largest absolute Gasteiger partial charge is 0.480 e. The molecule has 0 aromatic heterocycles. The van der Waals surface area contributed by atoms with Crippen molar-refractivity contribution in [2.45, 2.75) is 43.7 Å². The van der Waals surface area contributed by atoms with Crippen molar-refractivity contribution in [3.05, 3.63) is 54.1 Å². The zero-order valence-electron chi connectivity index (χ0n) is 19.2. The molecule has 0 radical (unpaired) electrons. The molecule has 1 unspecified atom stereocenters. The third-order valence-electron chi connectivity index (χ3n) is 4.30. The SMILES string of the molecule is COC(=O)CS(=O)(=O)c1ccccc1Oc1ccc(CC(NC(=O)OC(C)(C)C)C(=O)O)cc1. The number of hydrogen-bond donors (Lipinski definition) is 2. The van der Waals surface area contributed by atoms with E-state index < -0.39 is 45.3 Å². The van der Waals surface area contributed by atoms with Gasteiger partial charge >= 0.3 is 18.0 Å². The molecule has 2 aromatic rings. The van der Waals surface area contributed by atoms with Crippen molar-refractivity contribution in [2.24, 2.45) is 0 Å². The number of para-hydroxylation sites is 1. The Morgan fingerprint density at radius 3 is 2.21 bits per heavy atom. The number of amides is 1. The summed E-state index contributed by atoms with van der Waals surface area (Å²) >= 11 is 0. The van der Waals surface area contributed by atoms with Gasteiger partial charge in [-0.15, -0.1) is 0 Å². The van der Waals surface area contributed by atoms with Crippen LogP contribution in [0.5, 0.6) is 11.5 Å². The predicted octanol–water partition coefficient (Wildman–Crippen LogP) is 2.95. The molecule has 2 N–H and O–H groups in total. The molecule has 0 saturated carbocycles. The normalized spacial score (nSPS) is 12.4. The molecule has 0 aliphatic carbocycles. The Bertz CT molecular complexity index is 1140. The van der Waals surface area contributed by atoms with E-state index in [0.717, 1.165) is 7.11 Å². The van der Waals surface area contributed by atoms with Crippen LogP contribution in [0.15, 0.2) is 53.4 Å². The molecule has 0 spiro atoms. The lowest BCUT2D eigenvalue weighted by atomic mass is 10.1. The Morgan fingerprint density at radius 2 is 1.65 bits per heavy atom. The quantitative estimate of drug-likeness (QED) is 0.504. The first-order valence-electron chi connectivity index (χ1n) is 10.2. The van der Waals surface area contributed by atoms with E-state index in [1.807, 2.05) is 0 Å². The fourth-order valence-electron chi connectivity index (χ4n) is 2.79. The predicted molar refractivity (Wildman–Crippen MR) is 122 cm³/mol. The van der Waals surface area contributed by atoms with Crippen molar-refractivity contribution >= 4 is 27.9 Å². The van der Waals surface area contributed by atoms with E-state index in [1.165, 1.54) is 30.3 Å². The van der Waals surface area contributed by atoms with Crippen LogP contribution in [0, 0.1) is 0 Å². The Hall–Kier alpha value is -3.60. The van der Waals surface area contributed by atoms with Crippen LogP contribution < -0.4 is 10.1 Å². The van der Waals surface area contributed by atoms with Crippen molar-refractivity contribution in [1.82, 2.24) is 5.32 Å². The Labute approximate surface area is 197 Å². The standard InChI is InChI=1S/C23H27NO9S/c1-23(2,3)33-22(28)24-17(21(26)27)13-15-9-11-16(12-10-15)32-18-7-5-6-8-19(18)34(29,30)14-20(25)31-4/h5-12,17H,13-14H2,1-4H3,(H,24,28)(H,26,27). The molecule has 1 atom stereocenters. The number of aliphatic carboxylic acids is 1. The van der Waals surface area contributed by atoms with Crippen molar-refractivity contribution in [3.8, 4) is 11.5 Å². The third kappa shape index (κ3) is 8.07. The lowest BCUT2D eigenvalue weighted by Gasteiger charge is -2.22. The number of rotatable bonds is 9. The number of hydrogen-bond acceptors (Lipinski definition) is 8. The highest BCUT2D eigenvalue weighted by Crippen LogP contribution is 2.29. The topological polar surface area (TPSA) is 145 Å². The molecule has 0 saturated heterocycles. The number of carboxylic acid groups (broad SMARTS) is 1. The Morgan fingerprint density at radius 1 is 1.03 bits per heavy atom. The molecular formula is C23H27NO9S. The van der Waals surface area contributed by atoms with Crippen molar-refractivity contribution in [1.29, 1.82) is 0 Å². The lowest BCUT2D eigenvalue weighted by molar-refractivity contribution is -0.139. The highest BCUT2D eigenvalue weighted by atomic mass is 32.2. The van der Waals surface area contributed by atoms with E-state index in [1.54, 1.807) is 39.0 Å². The summed E-state index contributed by atoms with van der Waals surface area (Å²) in [5.74, 6) is -2.64. The van der Waals surface area contributed by atoms with Gasteiger partial charge < -0.3 is 24.6 Å². The minimum absolute atomic E-state index is 0.0149. The highest BCUT2D eigenvalue weighted by molar-refractivity contribution is 7.92. The molecule has 0 heterocycles. The maximum Gasteiger partial charge on any atom is 0.408 e. The highest BCUT2D eigenvalue weighted by Gasteiger charge is 2.25. The molecular weight excluding hydrogens is 466 g/mol. The minimum atomic E-state index is -4.00. The molecule has 10 nitrogen and oxygen atoms in total. The molecule has 2 aromatic carbocycles. The second-order valence-electron chi connectivity index (χ2n) is 8.27. The molecule has 2 rings (SSSR count). The summed E-state index contributed by atoms with van der Waals surface area (Å²) in [6.07, 6.45) is -0.858. The van der Waals surface area contributed by atoms with Crippen molar-refractivity contribution in [2.75, 3.05) is 12.9 Å². The molecule has 0 aliphatic heterocycles. The maximum atomic E-state index is 12.5. The first-order chi connectivity index (χ1) is 15.8. The zero-order valence-corrected chi connectivity index (χ0v) is 20.0. The van der Waals surface area contributed by atoms with Gasteiger partial charge in [0, 0.05) is 6.42 Å². The van der Waals surface area contributed by atoms with E-state index in [-0.39, 0.29) is 22.8 Å². The number of esters is 1. The van der Waals surface area contributed by atoms with Gasteiger partial charge in [-0.05, 0) is 50.6 Å². The van der Waals surface area contributed by atoms with E-state index >= 15 is 0 Å². The second kappa shape index (κ2) is 11.0. The van der Waals surface area contributed by atoms with Gasteiger partial charge in [0.05, 0.1) is 7.11 Å². The summed E-state index contributed by atoms with van der Waals surface area (Å²) < 4.78 is 40.3. The Balaban J connectivity index is 2.14. The van der Waals surface area contributed by atoms with E-state index in [4.69, 9.17) is 9.47 Å². The van der Waals surface area contributed by atoms with Gasteiger partial charge in [0.15, 0.2) is 15.6 Å². The van der Waals surface area contributed by atoms with Crippen LogP contribution in [0.25, 0.3) is 0 Å². The number of methoxy groups -OCH3 is 1. The van der Waals surface area contributed by atoms with Crippen LogP contribution >= 0.6 is 0 Å². The smallest absolute Gasteiger partial charge is 0.408 e. The first kappa shape index (κ1) is 26.7. The van der Waals surface area contributed by atoms with Gasteiger partial charge in [0.1, 0.15) is 28.0 Å². The fourth-order valence-corrected chi connectivity index (χ4v) is 4.08. The van der Waals surface area contributed by atoms with E-state index in [2.05, 4.69) is 10.1 Å². The van der Waals surface area contributed by atoms with Crippen LogP contribution in [0.3, 0.4) is 0 Å². The Kier molecular flexibility index (Phi) is 8.63. The van der Waals surface area contributed by atoms with E-state index in [9.17, 15) is 27.9 Å². The average Bonchev–Trinajstić information content (AvgIpc) is 2.73. The number of alkyl carbamates (subject to hydrolysis) is 1. The van der Waals surface area contributed by atoms with Gasteiger partial charge in [-0.1, -0.05) is 24.3 Å². The molecule has 1 amide bonds. The molecule has 11 heteroatoms. The zero-order chi connectivity index (χ0) is 25.5. The van der Waals surface area contributed by atoms with Crippen LogP contribution in [-0.4, -0.2) is 56.1 Å². The van der Waals surface area contributed by atoms with Gasteiger partial charge in [0.25, 0.3) is 0 Å². The van der Waals surface area contributed by atoms with Crippen LogP contribution in [0.2, 0.25) is 0 Å². The van der Waals surface area contributed by atoms with Gasteiger partial charge in [0.2, 0.25) is 0 Å². The summed E-state index contributed by atoms with van der Waals surface area (Å²) in [4.78, 5) is 34.8. The fraction of sp³-hybridized carbons (Fsp3) is 0.348. The molecule has 184 valence electrons. The minimum Gasteiger partial charge on any atom is -0.480 e. The van der Waals surface area contributed by atoms with Crippen molar-refractivity contribution in [3.63, 3.8) is 0 Å². The number of carbonyl (C=O) groups is 3. The van der Waals surface area contributed by atoms with Gasteiger partial charge in [-0.3, -0.25) is 4.79 Å². The van der Waals surface area contributed by atoms with Crippen molar-refractivity contribution < 1.29 is 42.1 Å². The summed E-state index contributed by atoms with van der Waals surface area (Å²) in [5.41, 5.74) is -0.186. The van der Waals surface area contributed by atoms with E-state index in [0.29, 0.717) is 5.56 Å². The number of ether oxygens (including phenoxy) is 3. The number of benzene rings is 2.